The first-order valence-electron chi connectivity index (χ1n) is 22.8. The van der Waals surface area contributed by atoms with Crippen LogP contribution in [0, 0.1) is 5.92 Å². The minimum absolute atomic E-state index is 0.0444. The Balaban J connectivity index is 0.852. The fraction of sp³-hybridized carbons (Fsp3) is 0.129. The van der Waals surface area contributed by atoms with Gasteiger partial charge in [0.15, 0.2) is 0 Å². The van der Waals surface area contributed by atoms with Crippen LogP contribution in [0.2, 0.25) is 0 Å². The van der Waals surface area contributed by atoms with Gasteiger partial charge >= 0.3 is 0 Å². The highest BCUT2D eigenvalue weighted by molar-refractivity contribution is 5.88. The van der Waals surface area contributed by atoms with Crippen LogP contribution in [0.15, 0.2) is 224 Å². The first kappa shape index (κ1) is 37.5. The summed E-state index contributed by atoms with van der Waals surface area (Å²) in [4.78, 5) is 2.40. The van der Waals surface area contributed by atoms with Crippen molar-refractivity contribution >= 4 is 34.8 Å². The van der Waals surface area contributed by atoms with Crippen LogP contribution in [0.1, 0.15) is 81.7 Å². The number of hydrogen-bond donors (Lipinski definition) is 0. The van der Waals surface area contributed by atoms with Crippen LogP contribution in [0.4, 0.5) is 17.1 Å². The molecule has 0 N–H and O–H groups in total. The molecule has 1 fully saturated rings. The Bertz CT molecular complexity index is 2960. The van der Waals surface area contributed by atoms with Crippen molar-refractivity contribution in [1.29, 1.82) is 0 Å². The highest BCUT2D eigenvalue weighted by atomic mass is 15.1. The summed E-state index contributed by atoms with van der Waals surface area (Å²) >= 11 is 0. The monoisotopic (exact) mass is 807 g/mol. The zero-order valence-corrected chi connectivity index (χ0v) is 35.4. The van der Waals surface area contributed by atoms with E-state index in [-0.39, 0.29) is 22.7 Å². The minimum atomic E-state index is -0.288. The van der Waals surface area contributed by atoms with E-state index in [0.717, 1.165) is 0 Å². The van der Waals surface area contributed by atoms with Crippen LogP contribution in [0.3, 0.4) is 0 Å². The smallest absolute Gasteiger partial charge is 0.0525 e. The molecule has 2 unspecified atom stereocenters. The number of para-hydroxylation sites is 2. The van der Waals surface area contributed by atoms with Crippen LogP contribution in [0.5, 0.6) is 0 Å². The third-order valence-corrected chi connectivity index (χ3v) is 14.8. The summed E-state index contributed by atoms with van der Waals surface area (Å²) in [5.74, 6) is 0.480. The molecule has 4 aliphatic carbocycles. The number of fused-ring (bicyclic) bond motifs is 8. The van der Waals surface area contributed by atoms with Gasteiger partial charge < -0.3 is 4.90 Å². The molecule has 8 aromatic carbocycles. The van der Waals surface area contributed by atoms with Crippen LogP contribution in [-0.4, -0.2) is 0 Å². The van der Waals surface area contributed by atoms with Crippen LogP contribution in [-0.2, 0) is 10.8 Å². The molecule has 302 valence electrons. The third-order valence-electron chi connectivity index (χ3n) is 14.8. The molecule has 63 heavy (non-hydrogen) atoms. The van der Waals surface area contributed by atoms with E-state index in [1.165, 1.54) is 110 Å². The second-order valence-corrected chi connectivity index (χ2v) is 17.9. The maximum Gasteiger partial charge on any atom is 0.0525 e. The highest BCUT2D eigenvalue weighted by Gasteiger charge is 2.54. The quantitative estimate of drug-likeness (QED) is 0.138. The molecule has 0 heterocycles. The van der Waals surface area contributed by atoms with Gasteiger partial charge in [-0.25, -0.2) is 0 Å². The molecule has 1 heteroatoms. The molecule has 8 aromatic rings. The maximum absolute atomic E-state index is 2.50. The zero-order chi connectivity index (χ0) is 41.8. The Morgan fingerprint density at radius 1 is 0.460 bits per heavy atom. The van der Waals surface area contributed by atoms with Gasteiger partial charge in [-0.1, -0.05) is 213 Å². The van der Waals surface area contributed by atoms with Gasteiger partial charge in [0.1, 0.15) is 0 Å². The van der Waals surface area contributed by atoms with E-state index in [1.54, 1.807) is 0 Å². The summed E-state index contributed by atoms with van der Waals surface area (Å²) in [5, 5.41) is 0. The standard InChI is InChI=1S/C62H49N/c1-5-18-47(19-6-1)62(48-20-7-2-8-21-48)56-28-14-13-26-55(56)60-52(27-17-29-57(60)62)46-35-32-44(33-36-46)30-31-45-34-38-53-54-39-37-51(43-59(54)61(58(53)42-45)40-15-16-41-61)63(49-22-9-3-10-23-49)50-24-11-4-12-25-50/h1-14,17-39,42-43,57,60H,15-16,40-41H2/b31-30+. The number of nitrogens with zero attached hydrogens (tertiary/aromatic N) is 1. The predicted molar refractivity (Wildman–Crippen MR) is 264 cm³/mol. The van der Waals surface area contributed by atoms with E-state index in [0.29, 0.717) is 0 Å². The molecule has 0 saturated heterocycles. The lowest BCUT2D eigenvalue weighted by atomic mass is 9.62. The van der Waals surface area contributed by atoms with E-state index >= 15 is 0 Å². The maximum atomic E-state index is 2.50. The molecule has 1 saturated carbocycles. The molecule has 2 atom stereocenters. The van der Waals surface area contributed by atoms with Gasteiger partial charge in [0.2, 0.25) is 0 Å². The van der Waals surface area contributed by atoms with Gasteiger partial charge in [-0.2, -0.15) is 0 Å². The molecule has 0 amide bonds. The molecular formula is C62H49N. The largest absolute Gasteiger partial charge is 0.310 e. The van der Waals surface area contributed by atoms with Gasteiger partial charge in [-0.05, 0) is 116 Å². The molecular weight excluding hydrogens is 759 g/mol. The molecule has 0 bridgehead atoms. The van der Waals surface area contributed by atoms with Crippen molar-refractivity contribution in [3.05, 3.63) is 275 Å². The van der Waals surface area contributed by atoms with Gasteiger partial charge in [-0.15, -0.1) is 0 Å². The fourth-order valence-electron chi connectivity index (χ4n) is 12.1. The molecule has 1 nitrogen and oxygen atoms in total. The number of hydrogen-bond acceptors (Lipinski definition) is 1. The van der Waals surface area contributed by atoms with Crippen molar-refractivity contribution < 1.29 is 0 Å². The Morgan fingerprint density at radius 2 is 1.00 bits per heavy atom. The lowest BCUT2D eigenvalue weighted by Crippen LogP contribution is -2.35. The summed E-state index contributed by atoms with van der Waals surface area (Å²) in [7, 11) is 0. The topological polar surface area (TPSA) is 3.24 Å². The summed E-state index contributed by atoms with van der Waals surface area (Å²) < 4.78 is 0. The first-order chi connectivity index (χ1) is 31.2. The average Bonchev–Trinajstić information content (AvgIpc) is 4.05. The normalized spacial score (nSPS) is 18.4. The van der Waals surface area contributed by atoms with E-state index in [1.807, 2.05) is 0 Å². The summed E-state index contributed by atoms with van der Waals surface area (Å²) in [6, 6.07) is 76.8. The SMILES string of the molecule is C1=CC2C(C(c3ccc(/C=C/c4ccc5c(c4)C4(CCCC4)c4cc(N(c6ccccc6)c6ccccc6)ccc4-5)cc3)=C1)c1ccccc1C2(c1ccccc1)c1ccccc1. The third kappa shape index (κ3) is 5.98. The van der Waals surface area contributed by atoms with E-state index in [4.69, 9.17) is 0 Å². The lowest BCUT2D eigenvalue weighted by Gasteiger charge is -2.40. The molecule has 0 radical (unpaired) electrons. The molecule has 4 aliphatic rings. The van der Waals surface area contributed by atoms with Crippen molar-refractivity contribution in [2.24, 2.45) is 5.92 Å². The minimum Gasteiger partial charge on any atom is -0.310 e. The highest BCUT2D eigenvalue weighted by Crippen LogP contribution is 2.63. The average molecular weight is 808 g/mol. The zero-order valence-electron chi connectivity index (χ0n) is 35.4. The number of benzene rings is 8. The second-order valence-electron chi connectivity index (χ2n) is 17.9. The second kappa shape index (κ2) is 15.3. The summed E-state index contributed by atoms with van der Waals surface area (Å²) in [5.41, 5.74) is 19.8. The Morgan fingerprint density at radius 3 is 1.65 bits per heavy atom. The van der Waals surface area contributed by atoms with Crippen molar-refractivity contribution in [2.45, 2.75) is 42.4 Å². The van der Waals surface area contributed by atoms with Gasteiger partial charge in [0.05, 0.1) is 5.41 Å². The molecule has 1 spiro atoms. The first-order valence-corrected chi connectivity index (χ1v) is 22.8. The Hall–Kier alpha value is -7.22. The molecule has 0 aromatic heterocycles. The van der Waals surface area contributed by atoms with Crippen LogP contribution in [0.25, 0.3) is 28.9 Å². The Labute approximate surface area is 372 Å². The van der Waals surface area contributed by atoms with Gasteiger partial charge in [0, 0.05) is 34.3 Å². The van der Waals surface area contributed by atoms with Crippen molar-refractivity contribution in [3.63, 3.8) is 0 Å². The van der Waals surface area contributed by atoms with Crippen molar-refractivity contribution in [1.82, 2.24) is 0 Å². The fourth-order valence-corrected chi connectivity index (χ4v) is 12.1. The van der Waals surface area contributed by atoms with Gasteiger partial charge in [-0.3, -0.25) is 0 Å². The number of allylic oxidation sites excluding steroid dienone is 4. The molecule has 12 rings (SSSR count). The summed E-state index contributed by atoms with van der Waals surface area (Å²) in [6.45, 7) is 0. The molecule has 0 aliphatic heterocycles. The van der Waals surface area contributed by atoms with Crippen molar-refractivity contribution in [2.75, 3.05) is 4.90 Å². The summed E-state index contributed by atoms with van der Waals surface area (Å²) in [6.07, 6.45) is 16.7. The Kier molecular flexibility index (Phi) is 9.11. The van der Waals surface area contributed by atoms with E-state index in [9.17, 15) is 0 Å². The van der Waals surface area contributed by atoms with Gasteiger partial charge in [0.25, 0.3) is 0 Å². The van der Waals surface area contributed by atoms with E-state index < -0.39 is 0 Å². The number of rotatable bonds is 8. The van der Waals surface area contributed by atoms with Crippen LogP contribution >= 0.6 is 0 Å². The predicted octanol–water partition coefficient (Wildman–Crippen LogP) is 15.9. The number of anilines is 3. The van der Waals surface area contributed by atoms with E-state index in [2.05, 4.69) is 242 Å². The van der Waals surface area contributed by atoms with Crippen LogP contribution < -0.4 is 4.90 Å². The van der Waals surface area contributed by atoms with Crippen molar-refractivity contribution in [3.8, 4) is 11.1 Å². The lowest BCUT2D eigenvalue weighted by molar-refractivity contribution is 0.462.